The van der Waals surface area contributed by atoms with Gasteiger partial charge < -0.3 is 10.7 Å². The first-order chi connectivity index (χ1) is 9.24. The van der Waals surface area contributed by atoms with Gasteiger partial charge in [-0.25, -0.2) is 9.97 Å². The van der Waals surface area contributed by atoms with Crippen molar-refractivity contribution in [1.29, 1.82) is 0 Å². The minimum atomic E-state index is 0. The van der Waals surface area contributed by atoms with Gasteiger partial charge in [-0.1, -0.05) is 6.92 Å². The van der Waals surface area contributed by atoms with Crippen molar-refractivity contribution >= 4 is 29.2 Å². The van der Waals surface area contributed by atoms with Crippen LogP contribution < -0.4 is 5.73 Å². The Morgan fingerprint density at radius 1 is 1.30 bits per heavy atom. The molecule has 1 aliphatic rings. The van der Waals surface area contributed by atoms with E-state index < -0.39 is 0 Å². The summed E-state index contributed by atoms with van der Waals surface area (Å²) in [5, 5.41) is 0. The van der Waals surface area contributed by atoms with Gasteiger partial charge in [0.25, 0.3) is 0 Å². The van der Waals surface area contributed by atoms with Crippen molar-refractivity contribution in [3.05, 3.63) is 30.4 Å². The molecule has 1 fully saturated rings. The summed E-state index contributed by atoms with van der Waals surface area (Å²) in [6.07, 6.45) is 7.87. The largest absolute Gasteiger partial charge is 0.345 e. The van der Waals surface area contributed by atoms with Gasteiger partial charge in [0.05, 0.1) is 11.7 Å². The second-order valence-corrected chi connectivity index (χ2v) is 5.66. The van der Waals surface area contributed by atoms with E-state index in [2.05, 4.69) is 32.3 Å². The van der Waals surface area contributed by atoms with Crippen LogP contribution in [-0.2, 0) is 0 Å². The maximum Gasteiger partial charge on any atom is 0.156 e. The van der Waals surface area contributed by atoms with Gasteiger partial charge in [-0.15, -0.1) is 12.4 Å². The lowest BCUT2D eigenvalue weighted by Gasteiger charge is -2.15. The summed E-state index contributed by atoms with van der Waals surface area (Å²) in [4.78, 5) is 12.0. The van der Waals surface area contributed by atoms with E-state index in [0.29, 0.717) is 17.9 Å². The van der Waals surface area contributed by atoms with Crippen LogP contribution in [0.3, 0.4) is 0 Å². The SMILES string of the molecule is C[C@@H]1C[C@H](N)C[C@@H]1c1cnc2cnc3[nH]ccc3n12.Cl. The highest BCUT2D eigenvalue weighted by Crippen LogP contribution is 2.39. The summed E-state index contributed by atoms with van der Waals surface area (Å²) >= 11 is 0. The van der Waals surface area contributed by atoms with Crippen LogP contribution in [0.15, 0.2) is 24.7 Å². The molecule has 3 atom stereocenters. The molecule has 3 aromatic heterocycles. The Balaban J connectivity index is 0.00000121. The number of H-pyrrole nitrogens is 1. The molecular formula is C14H18ClN5. The molecule has 1 saturated carbocycles. The fraction of sp³-hybridized carbons (Fsp3) is 0.429. The van der Waals surface area contributed by atoms with E-state index in [9.17, 15) is 0 Å². The Morgan fingerprint density at radius 2 is 2.15 bits per heavy atom. The molecule has 0 aliphatic heterocycles. The van der Waals surface area contributed by atoms with Gasteiger partial charge in [0.1, 0.15) is 0 Å². The van der Waals surface area contributed by atoms with Gasteiger partial charge in [-0.2, -0.15) is 0 Å². The summed E-state index contributed by atoms with van der Waals surface area (Å²) in [5.41, 5.74) is 10.3. The molecule has 0 aromatic carbocycles. The van der Waals surface area contributed by atoms with E-state index in [4.69, 9.17) is 5.73 Å². The van der Waals surface area contributed by atoms with E-state index >= 15 is 0 Å². The Bertz CT molecular complexity index is 746. The maximum absolute atomic E-state index is 6.11. The van der Waals surface area contributed by atoms with Gasteiger partial charge >= 0.3 is 0 Å². The highest BCUT2D eigenvalue weighted by molar-refractivity contribution is 5.85. The maximum atomic E-state index is 6.11. The molecule has 3 N–H and O–H groups in total. The molecule has 6 heteroatoms. The average molecular weight is 292 g/mol. The number of imidazole rings is 1. The predicted octanol–water partition coefficient (Wildman–Crippen LogP) is 2.47. The monoisotopic (exact) mass is 291 g/mol. The van der Waals surface area contributed by atoms with E-state index in [1.165, 1.54) is 5.69 Å². The molecule has 0 radical (unpaired) electrons. The van der Waals surface area contributed by atoms with Crippen LogP contribution in [0.25, 0.3) is 16.8 Å². The topological polar surface area (TPSA) is 72.0 Å². The summed E-state index contributed by atoms with van der Waals surface area (Å²) in [6.45, 7) is 2.28. The molecule has 0 spiro atoms. The van der Waals surface area contributed by atoms with Gasteiger partial charge in [0.15, 0.2) is 11.3 Å². The van der Waals surface area contributed by atoms with Crippen LogP contribution in [0, 0.1) is 5.92 Å². The van der Waals surface area contributed by atoms with Crippen molar-refractivity contribution in [3.8, 4) is 0 Å². The number of hydrogen-bond donors (Lipinski definition) is 2. The summed E-state index contributed by atoms with van der Waals surface area (Å²) < 4.78 is 2.22. The quantitative estimate of drug-likeness (QED) is 0.723. The molecule has 1 aliphatic carbocycles. The first kappa shape index (κ1) is 13.4. The molecule has 20 heavy (non-hydrogen) atoms. The lowest BCUT2D eigenvalue weighted by Crippen LogP contribution is -2.14. The Hall–Kier alpha value is -1.59. The molecule has 0 amide bonds. The van der Waals surface area contributed by atoms with Gasteiger partial charge in [-0.3, -0.25) is 4.40 Å². The Kier molecular flexibility index (Phi) is 3.18. The molecule has 106 valence electrons. The van der Waals surface area contributed by atoms with E-state index in [-0.39, 0.29) is 12.4 Å². The highest BCUT2D eigenvalue weighted by Gasteiger charge is 2.32. The highest BCUT2D eigenvalue weighted by atomic mass is 35.5. The second-order valence-electron chi connectivity index (χ2n) is 5.66. The molecular weight excluding hydrogens is 274 g/mol. The number of fused-ring (bicyclic) bond motifs is 3. The zero-order valence-electron chi connectivity index (χ0n) is 11.3. The van der Waals surface area contributed by atoms with Crippen LogP contribution in [0.2, 0.25) is 0 Å². The predicted molar refractivity (Wildman–Crippen MR) is 81.2 cm³/mol. The number of aromatic amines is 1. The molecule has 4 rings (SSSR count). The van der Waals surface area contributed by atoms with Gasteiger partial charge in [-0.05, 0) is 24.8 Å². The third-order valence-electron chi connectivity index (χ3n) is 4.37. The van der Waals surface area contributed by atoms with Crippen molar-refractivity contribution in [3.63, 3.8) is 0 Å². The fourth-order valence-corrected chi connectivity index (χ4v) is 3.46. The number of halogens is 1. The van der Waals surface area contributed by atoms with Gasteiger partial charge in [0.2, 0.25) is 0 Å². The Labute approximate surface area is 123 Å². The van der Waals surface area contributed by atoms with Crippen LogP contribution in [0.1, 0.15) is 31.4 Å². The molecule has 3 heterocycles. The van der Waals surface area contributed by atoms with E-state index in [1.54, 1.807) is 0 Å². The lowest BCUT2D eigenvalue weighted by molar-refractivity contribution is 0.520. The molecule has 5 nitrogen and oxygen atoms in total. The van der Waals surface area contributed by atoms with Crippen LogP contribution >= 0.6 is 12.4 Å². The van der Waals surface area contributed by atoms with Crippen molar-refractivity contribution in [2.24, 2.45) is 11.7 Å². The number of aromatic nitrogens is 4. The van der Waals surface area contributed by atoms with Crippen LogP contribution in [0.4, 0.5) is 0 Å². The number of nitrogens with one attached hydrogen (secondary N) is 1. The van der Waals surface area contributed by atoms with Crippen molar-refractivity contribution in [1.82, 2.24) is 19.4 Å². The van der Waals surface area contributed by atoms with Crippen molar-refractivity contribution in [2.75, 3.05) is 0 Å². The summed E-state index contributed by atoms with van der Waals surface area (Å²) in [7, 11) is 0. The minimum Gasteiger partial charge on any atom is -0.345 e. The van der Waals surface area contributed by atoms with Crippen molar-refractivity contribution in [2.45, 2.75) is 31.7 Å². The molecule has 0 saturated heterocycles. The van der Waals surface area contributed by atoms with Crippen LogP contribution in [0.5, 0.6) is 0 Å². The minimum absolute atomic E-state index is 0. The summed E-state index contributed by atoms with van der Waals surface area (Å²) in [5.74, 6) is 1.10. The fourth-order valence-electron chi connectivity index (χ4n) is 3.46. The molecule has 0 unspecified atom stereocenters. The van der Waals surface area contributed by atoms with Crippen molar-refractivity contribution < 1.29 is 0 Å². The third-order valence-corrected chi connectivity index (χ3v) is 4.37. The lowest BCUT2D eigenvalue weighted by atomic mass is 9.95. The number of rotatable bonds is 1. The standard InChI is InChI=1S/C14H17N5.ClH/c1-8-4-9(15)5-10(8)12-6-17-13-7-18-14-11(19(12)13)2-3-16-14;/h2-3,6-10,16H,4-5,15H2,1H3;1H/t8-,9+,10+;/m1./s1. The smallest absolute Gasteiger partial charge is 0.156 e. The Morgan fingerprint density at radius 3 is 2.90 bits per heavy atom. The van der Waals surface area contributed by atoms with E-state index in [1.807, 2.05) is 18.6 Å². The first-order valence-corrected chi connectivity index (χ1v) is 6.79. The third kappa shape index (κ3) is 1.81. The zero-order valence-corrected chi connectivity index (χ0v) is 12.1. The normalized spacial score (nSPS) is 26.2. The molecule has 0 bridgehead atoms. The first-order valence-electron chi connectivity index (χ1n) is 6.79. The second kappa shape index (κ2) is 4.75. The average Bonchev–Trinajstić information content (AvgIpc) is 3.05. The molecule has 3 aromatic rings. The summed E-state index contributed by atoms with van der Waals surface area (Å²) in [6, 6.07) is 2.37. The van der Waals surface area contributed by atoms with E-state index in [0.717, 1.165) is 29.7 Å². The van der Waals surface area contributed by atoms with Gasteiger partial charge in [0, 0.05) is 30.0 Å². The zero-order chi connectivity index (χ0) is 13.0. The van der Waals surface area contributed by atoms with Crippen LogP contribution in [-0.4, -0.2) is 25.4 Å². The number of nitrogens with two attached hydrogens (primary N) is 1. The number of nitrogens with zero attached hydrogens (tertiary/aromatic N) is 3. The number of hydrogen-bond acceptors (Lipinski definition) is 3.